The second kappa shape index (κ2) is 10.1. The van der Waals surface area contributed by atoms with E-state index in [9.17, 15) is 19.2 Å². The van der Waals surface area contributed by atoms with Crippen LogP contribution in [0.3, 0.4) is 0 Å². The highest BCUT2D eigenvalue weighted by atomic mass is 16.2. The van der Waals surface area contributed by atoms with Crippen LogP contribution in [0.15, 0.2) is 33.9 Å². The topological polar surface area (TPSA) is 120 Å². The van der Waals surface area contributed by atoms with Gasteiger partial charge in [0.25, 0.3) is 5.56 Å². The summed E-state index contributed by atoms with van der Waals surface area (Å²) in [5, 5.41) is 10.8. The van der Waals surface area contributed by atoms with Crippen LogP contribution in [0.25, 0.3) is 16.7 Å². The van der Waals surface area contributed by atoms with E-state index in [1.807, 2.05) is 0 Å². The van der Waals surface area contributed by atoms with Gasteiger partial charge in [-0.1, -0.05) is 44.2 Å². The molecule has 1 aromatic carbocycles. The van der Waals surface area contributed by atoms with Gasteiger partial charge >= 0.3 is 5.69 Å². The van der Waals surface area contributed by atoms with Crippen molar-refractivity contribution in [3.8, 4) is 0 Å². The summed E-state index contributed by atoms with van der Waals surface area (Å²) in [6.45, 7) is -0.127. The van der Waals surface area contributed by atoms with Crippen molar-refractivity contribution in [2.75, 3.05) is 0 Å². The van der Waals surface area contributed by atoms with E-state index in [1.165, 1.54) is 15.4 Å². The number of aromatic nitrogens is 4. The number of para-hydroxylation sites is 1. The monoisotopic (exact) mass is 480 g/mol. The number of carbonyl (C=O) groups excluding carboxylic acids is 2. The minimum atomic E-state index is -0.487. The zero-order chi connectivity index (χ0) is 24.4. The van der Waals surface area contributed by atoms with Crippen LogP contribution >= 0.6 is 0 Å². The lowest BCUT2D eigenvalue weighted by molar-refractivity contribution is -0.123. The van der Waals surface area contributed by atoms with Gasteiger partial charge in [-0.2, -0.15) is 0 Å². The molecule has 2 fully saturated rings. The molecule has 0 aliphatic heterocycles. The van der Waals surface area contributed by atoms with E-state index in [-0.39, 0.29) is 54.7 Å². The lowest BCUT2D eigenvalue weighted by atomic mass is 9.95. The number of hydrogen-bond donors (Lipinski definition) is 2. The van der Waals surface area contributed by atoms with E-state index in [2.05, 4.69) is 15.7 Å². The normalized spacial score (nSPS) is 17.3. The molecule has 10 nitrogen and oxygen atoms in total. The molecule has 2 aliphatic rings. The number of carbonyl (C=O) groups is 2. The van der Waals surface area contributed by atoms with E-state index >= 15 is 0 Å². The van der Waals surface area contributed by atoms with Crippen molar-refractivity contribution in [2.24, 2.45) is 0 Å². The van der Waals surface area contributed by atoms with Gasteiger partial charge in [0.05, 0.1) is 10.9 Å². The summed E-state index contributed by atoms with van der Waals surface area (Å²) in [5.74, 6) is -0.252. The first kappa shape index (κ1) is 23.3. The standard InChI is InChI=1S/C25H32N6O4/c32-21(26-17-10-4-5-11-17)14-15-29-23(34)19-12-6-7-13-20(19)31-24(29)28-30(25(31)35)16-22(33)27-18-8-2-1-3-9-18/h6-7,12-13,17-18H,1-5,8-11,14-16H2,(H,26,32)(H,27,33). The summed E-state index contributed by atoms with van der Waals surface area (Å²) in [6, 6.07) is 7.16. The third-order valence-corrected chi connectivity index (χ3v) is 7.23. The summed E-state index contributed by atoms with van der Waals surface area (Å²) >= 11 is 0. The Morgan fingerprint density at radius 3 is 2.23 bits per heavy atom. The molecule has 2 N–H and O–H groups in total. The summed E-state index contributed by atoms with van der Waals surface area (Å²) in [5.41, 5.74) is -0.368. The molecule has 0 radical (unpaired) electrons. The Bertz CT molecular complexity index is 1360. The van der Waals surface area contributed by atoms with Crippen molar-refractivity contribution in [1.82, 2.24) is 29.4 Å². The molecule has 0 saturated heterocycles. The van der Waals surface area contributed by atoms with E-state index in [4.69, 9.17) is 0 Å². The van der Waals surface area contributed by atoms with Crippen LogP contribution in [0, 0.1) is 0 Å². The average molecular weight is 481 g/mol. The first-order chi connectivity index (χ1) is 17.0. The molecule has 0 unspecified atom stereocenters. The minimum absolute atomic E-state index is 0.0937. The highest BCUT2D eigenvalue weighted by Gasteiger charge is 2.22. The second-order valence-electron chi connectivity index (χ2n) is 9.75. The summed E-state index contributed by atoms with van der Waals surface area (Å²) in [6.07, 6.45) is 9.54. The lowest BCUT2D eigenvalue weighted by Gasteiger charge is -2.22. The van der Waals surface area contributed by atoms with E-state index < -0.39 is 5.69 Å². The zero-order valence-corrected chi connectivity index (χ0v) is 19.9. The van der Waals surface area contributed by atoms with Gasteiger partial charge in [0.15, 0.2) is 0 Å². The van der Waals surface area contributed by atoms with Gasteiger partial charge in [0.1, 0.15) is 6.54 Å². The third-order valence-electron chi connectivity index (χ3n) is 7.23. The molecule has 3 aromatic rings. The van der Waals surface area contributed by atoms with Gasteiger partial charge < -0.3 is 10.6 Å². The van der Waals surface area contributed by atoms with Crippen LogP contribution in [0.4, 0.5) is 0 Å². The predicted octanol–water partition coefficient (Wildman–Crippen LogP) is 1.71. The Kier molecular flexibility index (Phi) is 6.70. The maximum atomic E-state index is 13.3. The number of fused-ring (bicyclic) bond motifs is 3. The molecule has 0 spiro atoms. The number of rotatable bonds is 7. The van der Waals surface area contributed by atoms with Crippen LogP contribution in [-0.2, 0) is 22.7 Å². The molecule has 2 aromatic heterocycles. The van der Waals surface area contributed by atoms with Crippen molar-refractivity contribution in [2.45, 2.75) is 89.4 Å². The second-order valence-corrected chi connectivity index (χ2v) is 9.75. The highest BCUT2D eigenvalue weighted by Crippen LogP contribution is 2.18. The largest absolute Gasteiger partial charge is 0.353 e. The molecule has 35 heavy (non-hydrogen) atoms. The Morgan fingerprint density at radius 2 is 1.51 bits per heavy atom. The van der Waals surface area contributed by atoms with Crippen molar-refractivity contribution in [1.29, 1.82) is 0 Å². The fourth-order valence-corrected chi connectivity index (χ4v) is 5.41. The highest BCUT2D eigenvalue weighted by molar-refractivity contribution is 5.80. The molecule has 0 bridgehead atoms. The molecule has 2 aliphatic carbocycles. The third kappa shape index (κ3) is 4.87. The fraction of sp³-hybridized carbons (Fsp3) is 0.560. The molecular weight excluding hydrogens is 448 g/mol. The fourth-order valence-electron chi connectivity index (χ4n) is 5.41. The molecule has 0 atom stereocenters. The van der Waals surface area contributed by atoms with Crippen LogP contribution in [0.2, 0.25) is 0 Å². The van der Waals surface area contributed by atoms with Gasteiger partial charge in [0, 0.05) is 25.0 Å². The van der Waals surface area contributed by atoms with Gasteiger partial charge in [0.2, 0.25) is 17.6 Å². The van der Waals surface area contributed by atoms with Crippen LogP contribution in [0.1, 0.15) is 64.2 Å². The summed E-state index contributed by atoms with van der Waals surface area (Å²) in [4.78, 5) is 51.8. The summed E-state index contributed by atoms with van der Waals surface area (Å²) < 4.78 is 3.83. The molecule has 186 valence electrons. The number of nitrogens with zero attached hydrogens (tertiary/aromatic N) is 4. The maximum Gasteiger partial charge on any atom is 0.352 e. The van der Waals surface area contributed by atoms with Crippen LogP contribution < -0.4 is 21.9 Å². The quantitative estimate of drug-likeness (QED) is 0.534. The Morgan fingerprint density at radius 1 is 0.886 bits per heavy atom. The van der Waals surface area contributed by atoms with Crippen LogP contribution in [-0.4, -0.2) is 42.6 Å². The molecule has 5 rings (SSSR count). The molecule has 10 heteroatoms. The maximum absolute atomic E-state index is 13.3. The van der Waals surface area contributed by atoms with Gasteiger partial charge in [-0.15, -0.1) is 5.10 Å². The van der Waals surface area contributed by atoms with E-state index in [1.54, 1.807) is 24.3 Å². The van der Waals surface area contributed by atoms with Crippen molar-refractivity contribution >= 4 is 28.5 Å². The Balaban J connectivity index is 1.44. The number of amides is 2. The number of benzene rings is 1. The number of nitrogens with one attached hydrogen (secondary N) is 2. The van der Waals surface area contributed by atoms with Gasteiger partial charge in [-0.25, -0.2) is 13.9 Å². The summed E-state index contributed by atoms with van der Waals surface area (Å²) in [7, 11) is 0. The van der Waals surface area contributed by atoms with E-state index in [0.29, 0.717) is 10.9 Å². The minimum Gasteiger partial charge on any atom is -0.353 e. The molecule has 2 heterocycles. The van der Waals surface area contributed by atoms with Gasteiger partial charge in [-0.3, -0.25) is 19.0 Å². The first-order valence-electron chi connectivity index (χ1n) is 12.7. The Labute approximate surface area is 202 Å². The van der Waals surface area contributed by atoms with Crippen LogP contribution in [0.5, 0.6) is 0 Å². The lowest BCUT2D eigenvalue weighted by Crippen LogP contribution is -2.40. The van der Waals surface area contributed by atoms with Crippen molar-refractivity contribution in [3.05, 3.63) is 45.1 Å². The van der Waals surface area contributed by atoms with E-state index in [0.717, 1.165) is 56.0 Å². The Hall–Kier alpha value is -3.43. The predicted molar refractivity (Wildman–Crippen MR) is 131 cm³/mol. The number of hydrogen-bond acceptors (Lipinski definition) is 5. The smallest absolute Gasteiger partial charge is 0.352 e. The first-order valence-corrected chi connectivity index (χ1v) is 12.7. The molecule has 2 saturated carbocycles. The SMILES string of the molecule is O=C(CCn1c(=O)c2ccccc2n2c(=O)n(CC(=O)NC3CCCCC3)nc12)NC1CCCC1. The van der Waals surface area contributed by atoms with Crippen molar-refractivity contribution in [3.63, 3.8) is 0 Å². The van der Waals surface area contributed by atoms with Gasteiger partial charge in [-0.05, 0) is 37.8 Å². The number of aryl methyl sites for hydroxylation is 1. The molecule has 2 amide bonds. The molecular formula is C25H32N6O4. The zero-order valence-electron chi connectivity index (χ0n) is 19.9. The average Bonchev–Trinajstić information content (AvgIpc) is 3.47. The van der Waals surface area contributed by atoms with Crippen molar-refractivity contribution < 1.29 is 9.59 Å².